The standard InChI is InChI=1S/C26H16FN5O/c27-14-8-11-19-20(12-14)30-26(29-19)18-5-3-7-22-24(18)16-4-1-2-6-21(16)32(22)15-9-10-17-23(13-15)33-31-25(17)28/h1-13H,(H2,28,31)(H,29,30). The van der Waals surface area contributed by atoms with E-state index in [0.29, 0.717) is 22.7 Å². The van der Waals surface area contributed by atoms with E-state index in [1.54, 1.807) is 6.07 Å². The van der Waals surface area contributed by atoms with E-state index in [9.17, 15) is 4.39 Å². The van der Waals surface area contributed by atoms with Crippen molar-refractivity contribution in [3.8, 4) is 17.1 Å². The highest BCUT2D eigenvalue weighted by Crippen LogP contribution is 2.38. The van der Waals surface area contributed by atoms with E-state index in [4.69, 9.17) is 15.2 Å². The van der Waals surface area contributed by atoms with E-state index in [0.717, 1.165) is 44.0 Å². The number of para-hydroxylation sites is 1. The first-order chi connectivity index (χ1) is 16.2. The Bertz CT molecular complexity index is 1860. The van der Waals surface area contributed by atoms with Crippen molar-refractivity contribution in [2.24, 2.45) is 0 Å². The summed E-state index contributed by atoms with van der Waals surface area (Å²) in [6, 6.07) is 24.8. The second kappa shape index (κ2) is 6.43. The van der Waals surface area contributed by atoms with Crippen LogP contribution >= 0.6 is 0 Å². The van der Waals surface area contributed by atoms with Gasteiger partial charge in [-0.15, -0.1) is 0 Å². The molecule has 0 atom stereocenters. The minimum atomic E-state index is -0.295. The summed E-state index contributed by atoms with van der Waals surface area (Å²) in [5.74, 6) is 0.779. The summed E-state index contributed by atoms with van der Waals surface area (Å²) in [4.78, 5) is 8.03. The fourth-order valence-electron chi connectivity index (χ4n) is 4.69. The number of benzene rings is 4. The quantitative estimate of drug-likeness (QED) is 0.340. The lowest BCUT2D eigenvalue weighted by atomic mass is 10.1. The summed E-state index contributed by atoms with van der Waals surface area (Å²) in [6.07, 6.45) is 0. The molecule has 0 saturated carbocycles. The largest absolute Gasteiger partial charge is 0.380 e. The molecule has 3 heterocycles. The lowest BCUT2D eigenvalue weighted by Crippen LogP contribution is -1.93. The van der Waals surface area contributed by atoms with Crippen LogP contribution in [0.1, 0.15) is 0 Å². The molecular formula is C26H16FN5O. The van der Waals surface area contributed by atoms with Crippen LogP contribution in [0.15, 0.2) is 83.4 Å². The predicted octanol–water partition coefficient (Wildman–Crippen LogP) is 6.19. The maximum atomic E-state index is 13.7. The molecule has 4 aromatic carbocycles. The van der Waals surface area contributed by atoms with Crippen molar-refractivity contribution in [3.63, 3.8) is 0 Å². The van der Waals surface area contributed by atoms with Gasteiger partial charge >= 0.3 is 0 Å². The molecule has 3 aromatic heterocycles. The Morgan fingerprint density at radius 3 is 2.70 bits per heavy atom. The molecule has 0 fully saturated rings. The molecule has 0 aliphatic heterocycles. The number of hydrogen-bond acceptors (Lipinski definition) is 4. The van der Waals surface area contributed by atoms with Gasteiger partial charge in [-0.3, -0.25) is 0 Å². The van der Waals surface area contributed by atoms with E-state index in [-0.39, 0.29) is 5.82 Å². The first-order valence-electron chi connectivity index (χ1n) is 10.5. The molecule has 33 heavy (non-hydrogen) atoms. The molecule has 0 bridgehead atoms. The Morgan fingerprint density at radius 2 is 1.76 bits per heavy atom. The highest BCUT2D eigenvalue weighted by Gasteiger charge is 2.18. The fourth-order valence-corrected chi connectivity index (χ4v) is 4.69. The smallest absolute Gasteiger partial charge is 0.174 e. The van der Waals surface area contributed by atoms with Crippen LogP contribution in [0.3, 0.4) is 0 Å². The van der Waals surface area contributed by atoms with E-state index in [1.807, 2.05) is 42.5 Å². The summed E-state index contributed by atoms with van der Waals surface area (Å²) >= 11 is 0. The second-order valence-electron chi connectivity index (χ2n) is 8.05. The van der Waals surface area contributed by atoms with Crippen molar-refractivity contribution in [2.75, 3.05) is 5.73 Å². The van der Waals surface area contributed by atoms with Crippen LogP contribution in [-0.4, -0.2) is 19.7 Å². The zero-order valence-corrected chi connectivity index (χ0v) is 17.2. The highest BCUT2D eigenvalue weighted by molar-refractivity contribution is 6.15. The number of halogens is 1. The molecule has 7 aromatic rings. The predicted molar refractivity (Wildman–Crippen MR) is 128 cm³/mol. The van der Waals surface area contributed by atoms with Gasteiger partial charge in [-0.2, -0.15) is 0 Å². The highest BCUT2D eigenvalue weighted by atomic mass is 19.1. The molecule has 0 aliphatic rings. The Hall–Kier alpha value is -4.65. The first kappa shape index (κ1) is 18.0. The number of nitrogens with two attached hydrogens (primary N) is 1. The van der Waals surface area contributed by atoms with Crippen LogP contribution in [0, 0.1) is 5.82 Å². The van der Waals surface area contributed by atoms with Gasteiger partial charge in [0.1, 0.15) is 11.6 Å². The third-order valence-electron chi connectivity index (χ3n) is 6.14. The van der Waals surface area contributed by atoms with Crippen LogP contribution in [-0.2, 0) is 0 Å². The van der Waals surface area contributed by atoms with Crippen LogP contribution in [0.25, 0.3) is 60.9 Å². The lowest BCUT2D eigenvalue weighted by Gasteiger charge is -2.08. The topological polar surface area (TPSA) is 85.7 Å². The monoisotopic (exact) mass is 433 g/mol. The number of nitrogens with one attached hydrogen (secondary N) is 1. The van der Waals surface area contributed by atoms with Gasteiger partial charge < -0.3 is 19.8 Å². The van der Waals surface area contributed by atoms with Crippen molar-refractivity contribution >= 4 is 49.6 Å². The van der Waals surface area contributed by atoms with Crippen LogP contribution < -0.4 is 5.73 Å². The zero-order valence-electron chi connectivity index (χ0n) is 17.2. The van der Waals surface area contributed by atoms with E-state index >= 15 is 0 Å². The summed E-state index contributed by atoms with van der Waals surface area (Å²) in [5.41, 5.74) is 11.9. The summed E-state index contributed by atoms with van der Waals surface area (Å²) in [5, 5.41) is 6.81. The molecule has 3 N–H and O–H groups in total. The molecule has 0 saturated heterocycles. The Balaban J connectivity index is 1.56. The number of aromatic amines is 1. The van der Waals surface area contributed by atoms with Gasteiger partial charge in [0.05, 0.1) is 33.1 Å². The molecule has 0 unspecified atom stereocenters. The van der Waals surface area contributed by atoms with E-state index in [1.165, 1.54) is 12.1 Å². The van der Waals surface area contributed by atoms with Gasteiger partial charge in [-0.25, -0.2) is 9.37 Å². The number of hydrogen-bond donors (Lipinski definition) is 2. The fraction of sp³-hybridized carbons (Fsp3) is 0. The number of nitrogens with zero attached hydrogens (tertiary/aromatic N) is 3. The number of fused-ring (bicyclic) bond motifs is 5. The van der Waals surface area contributed by atoms with Gasteiger partial charge in [0.25, 0.3) is 0 Å². The molecule has 6 nitrogen and oxygen atoms in total. The number of H-pyrrole nitrogens is 1. The number of rotatable bonds is 2. The van der Waals surface area contributed by atoms with Crippen molar-refractivity contribution in [3.05, 3.63) is 84.7 Å². The Morgan fingerprint density at radius 1 is 0.879 bits per heavy atom. The third-order valence-corrected chi connectivity index (χ3v) is 6.14. The van der Waals surface area contributed by atoms with Crippen molar-refractivity contribution < 1.29 is 8.91 Å². The van der Waals surface area contributed by atoms with E-state index < -0.39 is 0 Å². The minimum absolute atomic E-state index is 0.295. The number of imidazole rings is 1. The second-order valence-corrected chi connectivity index (χ2v) is 8.05. The van der Waals surface area contributed by atoms with Gasteiger partial charge in [-0.05, 0) is 42.5 Å². The van der Waals surface area contributed by atoms with Crippen LogP contribution in [0.5, 0.6) is 0 Å². The zero-order chi connectivity index (χ0) is 22.1. The molecule has 158 valence electrons. The molecule has 7 rings (SSSR count). The third kappa shape index (κ3) is 2.53. The lowest BCUT2D eigenvalue weighted by molar-refractivity contribution is 0.460. The molecule has 0 aliphatic carbocycles. The summed E-state index contributed by atoms with van der Waals surface area (Å²) < 4.78 is 21.3. The number of aromatic nitrogens is 4. The molecular weight excluding hydrogens is 417 g/mol. The van der Waals surface area contributed by atoms with Crippen molar-refractivity contribution in [1.82, 2.24) is 19.7 Å². The molecule has 0 radical (unpaired) electrons. The van der Waals surface area contributed by atoms with Gasteiger partial charge in [0.2, 0.25) is 0 Å². The molecule has 0 spiro atoms. The first-order valence-corrected chi connectivity index (χ1v) is 10.5. The maximum absolute atomic E-state index is 13.7. The number of anilines is 1. The number of nitrogen functional groups attached to an aromatic ring is 1. The van der Waals surface area contributed by atoms with Gasteiger partial charge in [-0.1, -0.05) is 35.5 Å². The van der Waals surface area contributed by atoms with Crippen molar-refractivity contribution in [2.45, 2.75) is 0 Å². The summed E-state index contributed by atoms with van der Waals surface area (Å²) in [6.45, 7) is 0. The van der Waals surface area contributed by atoms with Crippen LogP contribution in [0.4, 0.5) is 10.2 Å². The van der Waals surface area contributed by atoms with Crippen molar-refractivity contribution in [1.29, 1.82) is 0 Å². The molecule has 0 amide bonds. The Labute approximate surface area is 186 Å². The maximum Gasteiger partial charge on any atom is 0.174 e. The Kier molecular flexibility index (Phi) is 3.50. The molecule has 7 heteroatoms. The SMILES string of the molecule is Nc1noc2cc(-n3c4ccccc4c4c(-c5nc6ccc(F)cc6[nH]5)cccc43)ccc12. The van der Waals surface area contributed by atoms with E-state index in [2.05, 4.69) is 32.9 Å². The average molecular weight is 433 g/mol. The summed E-state index contributed by atoms with van der Waals surface area (Å²) in [7, 11) is 0. The normalized spacial score (nSPS) is 11.9. The van der Waals surface area contributed by atoms with Crippen LogP contribution in [0.2, 0.25) is 0 Å². The van der Waals surface area contributed by atoms with Gasteiger partial charge in [0.15, 0.2) is 11.4 Å². The minimum Gasteiger partial charge on any atom is -0.380 e. The van der Waals surface area contributed by atoms with Gasteiger partial charge in [0, 0.05) is 22.4 Å². The average Bonchev–Trinajstić information content (AvgIpc) is 3.52.